The van der Waals surface area contributed by atoms with E-state index >= 15 is 0 Å². The lowest BCUT2D eigenvalue weighted by Gasteiger charge is -2.43. The monoisotopic (exact) mass is 398 g/mol. The minimum Gasteiger partial charge on any atom is -0.444 e. The summed E-state index contributed by atoms with van der Waals surface area (Å²) in [4.78, 5) is 15.9. The highest BCUT2D eigenvalue weighted by molar-refractivity contribution is 5.68. The van der Waals surface area contributed by atoms with Crippen molar-refractivity contribution in [3.8, 4) is 0 Å². The first-order valence-electron chi connectivity index (χ1n) is 9.45. The Hall–Kier alpha value is -1.09. The van der Waals surface area contributed by atoms with Crippen molar-refractivity contribution in [3.63, 3.8) is 0 Å². The van der Waals surface area contributed by atoms with Crippen molar-refractivity contribution < 1.29 is 31.8 Å². The Balaban J connectivity index is 1.93. The van der Waals surface area contributed by atoms with Crippen molar-refractivity contribution in [2.24, 2.45) is 5.92 Å². The molecule has 1 aliphatic carbocycles. The number of hydrogen-bond donors (Lipinski definition) is 0. The fourth-order valence-corrected chi connectivity index (χ4v) is 3.62. The Morgan fingerprint density at radius 2 is 1.81 bits per heavy atom. The van der Waals surface area contributed by atoms with E-state index < -0.39 is 30.3 Å². The molecule has 0 aromatic heterocycles. The molecule has 0 N–H and O–H groups in total. The SMILES string of the molecule is CC(C)(C)OC(=O)N1CCN(CC2CCC(F)(F)CC2)C[C@H]1COC(F)F. The molecular weight excluding hydrogens is 368 g/mol. The molecule has 1 saturated heterocycles. The summed E-state index contributed by atoms with van der Waals surface area (Å²) in [6.45, 7) is 3.88. The highest BCUT2D eigenvalue weighted by atomic mass is 19.3. The average molecular weight is 398 g/mol. The van der Waals surface area contributed by atoms with Crippen molar-refractivity contribution in [1.29, 1.82) is 0 Å². The van der Waals surface area contributed by atoms with Crippen LogP contribution < -0.4 is 0 Å². The van der Waals surface area contributed by atoms with Gasteiger partial charge in [0.25, 0.3) is 0 Å². The van der Waals surface area contributed by atoms with Gasteiger partial charge in [0.05, 0.1) is 12.6 Å². The van der Waals surface area contributed by atoms with Crippen molar-refractivity contribution >= 4 is 6.09 Å². The lowest BCUT2D eigenvalue weighted by Crippen LogP contribution is -2.58. The Morgan fingerprint density at radius 1 is 1.19 bits per heavy atom. The van der Waals surface area contributed by atoms with E-state index in [4.69, 9.17) is 4.74 Å². The maximum absolute atomic E-state index is 13.3. The third-order valence-electron chi connectivity index (χ3n) is 4.96. The van der Waals surface area contributed by atoms with Gasteiger partial charge in [-0.2, -0.15) is 8.78 Å². The number of ether oxygens (including phenoxy) is 2. The lowest BCUT2D eigenvalue weighted by molar-refractivity contribution is -0.146. The van der Waals surface area contributed by atoms with Gasteiger partial charge in [-0.15, -0.1) is 0 Å². The number of alkyl halides is 4. The highest BCUT2D eigenvalue weighted by Gasteiger charge is 2.38. The number of nitrogens with zero attached hydrogens (tertiary/aromatic N) is 2. The van der Waals surface area contributed by atoms with Crippen LogP contribution in [-0.2, 0) is 9.47 Å². The molecule has 2 fully saturated rings. The molecule has 0 bridgehead atoms. The Labute approximate surface area is 158 Å². The molecule has 0 unspecified atom stereocenters. The fraction of sp³-hybridized carbons (Fsp3) is 0.944. The maximum Gasteiger partial charge on any atom is 0.410 e. The van der Waals surface area contributed by atoms with E-state index in [0.717, 1.165) is 0 Å². The molecule has 1 atom stereocenters. The summed E-state index contributed by atoms with van der Waals surface area (Å²) in [6.07, 6.45) is 0.151. The first kappa shape index (κ1) is 22.2. The van der Waals surface area contributed by atoms with Gasteiger partial charge in [-0.3, -0.25) is 4.90 Å². The Bertz CT molecular complexity index is 489. The standard InChI is InChI=1S/C18H30F4N2O3/c1-17(2,3)27-16(25)24-9-8-23(11-14(24)12-26-15(19)20)10-13-4-6-18(21,22)7-5-13/h13-15H,4-12H2,1-3H3/t14-/m0/s1. The highest BCUT2D eigenvalue weighted by Crippen LogP contribution is 2.36. The number of rotatable bonds is 5. The zero-order valence-electron chi connectivity index (χ0n) is 16.2. The molecule has 27 heavy (non-hydrogen) atoms. The molecule has 0 radical (unpaired) electrons. The number of hydrogen-bond acceptors (Lipinski definition) is 4. The smallest absolute Gasteiger partial charge is 0.410 e. The molecule has 2 rings (SSSR count). The van der Waals surface area contributed by atoms with Gasteiger partial charge in [-0.1, -0.05) is 0 Å². The number of carbonyl (C=O) groups excluding carboxylic acids is 1. The van der Waals surface area contributed by atoms with E-state index in [-0.39, 0.29) is 25.4 Å². The molecule has 1 heterocycles. The van der Waals surface area contributed by atoms with Crippen LogP contribution in [0.3, 0.4) is 0 Å². The third kappa shape index (κ3) is 7.44. The predicted octanol–water partition coefficient (Wildman–Crippen LogP) is 3.97. The van der Waals surface area contributed by atoms with Crippen LogP contribution in [0.5, 0.6) is 0 Å². The zero-order chi connectivity index (χ0) is 20.2. The molecule has 0 aromatic carbocycles. The molecule has 5 nitrogen and oxygen atoms in total. The van der Waals surface area contributed by atoms with Gasteiger partial charge in [0.15, 0.2) is 0 Å². The number of piperazine rings is 1. The summed E-state index contributed by atoms with van der Waals surface area (Å²) in [5, 5.41) is 0. The van der Waals surface area contributed by atoms with E-state index in [1.807, 2.05) is 0 Å². The number of halogens is 4. The van der Waals surface area contributed by atoms with Crippen LogP contribution in [0.2, 0.25) is 0 Å². The minimum absolute atomic E-state index is 0.104. The van der Waals surface area contributed by atoms with E-state index in [1.165, 1.54) is 4.90 Å². The van der Waals surface area contributed by atoms with Crippen LogP contribution in [0.25, 0.3) is 0 Å². The maximum atomic E-state index is 13.3. The normalized spacial score (nSPS) is 25.0. The first-order valence-corrected chi connectivity index (χ1v) is 9.45. The summed E-state index contributed by atoms with van der Waals surface area (Å²) in [7, 11) is 0. The molecular formula is C18H30F4N2O3. The van der Waals surface area contributed by atoms with E-state index in [0.29, 0.717) is 39.0 Å². The van der Waals surface area contributed by atoms with E-state index in [9.17, 15) is 22.4 Å². The molecule has 1 aliphatic heterocycles. The molecule has 9 heteroatoms. The van der Waals surface area contributed by atoms with Gasteiger partial charge >= 0.3 is 12.7 Å². The van der Waals surface area contributed by atoms with Gasteiger partial charge in [0, 0.05) is 39.0 Å². The first-order chi connectivity index (χ1) is 12.5. The van der Waals surface area contributed by atoms with Crippen LogP contribution >= 0.6 is 0 Å². The quantitative estimate of drug-likeness (QED) is 0.657. The number of carbonyl (C=O) groups is 1. The van der Waals surface area contributed by atoms with Crippen LogP contribution in [0.4, 0.5) is 22.4 Å². The largest absolute Gasteiger partial charge is 0.444 e. The second kappa shape index (κ2) is 8.94. The van der Waals surface area contributed by atoms with E-state index in [2.05, 4.69) is 9.64 Å². The Morgan fingerprint density at radius 3 is 2.37 bits per heavy atom. The van der Waals surface area contributed by atoms with Gasteiger partial charge < -0.3 is 14.4 Å². The Kier molecular flexibility index (Phi) is 7.35. The van der Waals surface area contributed by atoms with E-state index in [1.54, 1.807) is 20.8 Å². The zero-order valence-corrected chi connectivity index (χ0v) is 16.2. The molecule has 1 amide bonds. The molecule has 0 spiro atoms. The third-order valence-corrected chi connectivity index (χ3v) is 4.96. The summed E-state index contributed by atoms with van der Waals surface area (Å²) >= 11 is 0. The van der Waals surface area contributed by atoms with Gasteiger partial charge in [-0.25, -0.2) is 13.6 Å². The van der Waals surface area contributed by atoms with Crippen LogP contribution in [0.15, 0.2) is 0 Å². The minimum atomic E-state index is -2.92. The van der Waals surface area contributed by atoms with Crippen LogP contribution in [0.1, 0.15) is 46.5 Å². The molecule has 158 valence electrons. The topological polar surface area (TPSA) is 42.0 Å². The molecule has 2 aliphatic rings. The fourth-order valence-electron chi connectivity index (χ4n) is 3.62. The van der Waals surface area contributed by atoms with Gasteiger partial charge in [0.1, 0.15) is 5.60 Å². The summed E-state index contributed by atoms with van der Waals surface area (Å²) in [5.41, 5.74) is -0.685. The second-order valence-electron chi connectivity index (χ2n) is 8.48. The van der Waals surface area contributed by atoms with Gasteiger partial charge in [0.2, 0.25) is 5.92 Å². The van der Waals surface area contributed by atoms with Gasteiger partial charge in [-0.05, 0) is 39.5 Å². The van der Waals surface area contributed by atoms with Crippen molar-refractivity contribution in [3.05, 3.63) is 0 Å². The summed E-state index contributed by atoms with van der Waals surface area (Å²) in [5.74, 6) is -2.41. The van der Waals surface area contributed by atoms with Crippen LogP contribution in [0, 0.1) is 5.92 Å². The van der Waals surface area contributed by atoms with Crippen molar-refractivity contribution in [2.75, 3.05) is 32.8 Å². The molecule has 0 aromatic rings. The van der Waals surface area contributed by atoms with Crippen molar-refractivity contribution in [2.45, 2.75) is 70.6 Å². The van der Waals surface area contributed by atoms with Crippen molar-refractivity contribution in [1.82, 2.24) is 9.80 Å². The average Bonchev–Trinajstić information content (AvgIpc) is 2.53. The summed E-state index contributed by atoms with van der Waals surface area (Å²) in [6, 6.07) is -0.562. The molecule has 1 saturated carbocycles. The predicted molar refractivity (Wildman–Crippen MR) is 92.0 cm³/mol. The lowest BCUT2D eigenvalue weighted by atomic mass is 9.86. The second-order valence-corrected chi connectivity index (χ2v) is 8.48. The number of amides is 1. The van der Waals surface area contributed by atoms with Crippen LogP contribution in [-0.4, -0.2) is 72.9 Å². The summed E-state index contributed by atoms with van der Waals surface area (Å²) < 4.78 is 61.4.